The summed E-state index contributed by atoms with van der Waals surface area (Å²) < 4.78 is 5.40. The summed E-state index contributed by atoms with van der Waals surface area (Å²) in [5.74, 6) is 0.128. The Balaban J connectivity index is 0.00000324. The van der Waals surface area contributed by atoms with Crippen LogP contribution in [0.1, 0.15) is 19.3 Å². The number of esters is 1. The first-order valence-electron chi connectivity index (χ1n) is 11.3. The van der Waals surface area contributed by atoms with Crippen molar-refractivity contribution in [3.63, 3.8) is 0 Å². The second-order valence-corrected chi connectivity index (χ2v) is 12.7. The van der Waals surface area contributed by atoms with Gasteiger partial charge in [0.25, 0.3) is 5.24 Å². The maximum atomic E-state index is 12.1. The van der Waals surface area contributed by atoms with Crippen molar-refractivity contribution < 1.29 is 31.3 Å². The minimum atomic E-state index is -1.80. The molecule has 0 aliphatic carbocycles. The topological polar surface area (TPSA) is 55.4 Å². The van der Waals surface area contributed by atoms with Crippen molar-refractivity contribution in [2.75, 3.05) is 18.5 Å². The van der Waals surface area contributed by atoms with E-state index < -0.39 is 13.3 Å². The second-order valence-electron chi connectivity index (χ2n) is 8.06. The molecule has 1 atom stereocenters. The van der Waals surface area contributed by atoms with Crippen LogP contribution in [0.3, 0.4) is 0 Å². The molecule has 1 saturated heterocycles. The maximum absolute atomic E-state index is 12.1. The van der Waals surface area contributed by atoms with Gasteiger partial charge in [0.15, 0.2) is 0 Å². The minimum absolute atomic E-state index is 0. The van der Waals surface area contributed by atoms with Crippen LogP contribution in [0.15, 0.2) is 91.0 Å². The van der Waals surface area contributed by atoms with Gasteiger partial charge in [-0.2, -0.15) is 0 Å². The Kier molecular flexibility index (Phi) is 10.2. The summed E-state index contributed by atoms with van der Waals surface area (Å²) in [5, 5.41) is 6.66. The van der Waals surface area contributed by atoms with Gasteiger partial charge in [-0.15, -0.1) is 0 Å². The number of carbonyl (C=O) groups is 2. The standard InChI is InChI=1S/C27H28NO3PS.BrH/c29-26(25-21-33-27(30)28-25)31-19-11-4-12-20-32(22-13-5-1-6-14-22,23-15-7-2-8-16-23)24-17-9-3-10-18-24;/h1-3,5-10,13-18,25H,4,11-12,19-21H2;1H. The predicted molar refractivity (Wildman–Crippen MR) is 140 cm³/mol. The lowest BCUT2D eigenvalue weighted by molar-refractivity contribution is -0.145. The average Bonchev–Trinajstić information content (AvgIpc) is 3.32. The fraction of sp³-hybridized carbons (Fsp3) is 0.259. The molecule has 4 nitrogen and oxygen atoms in total. The van der Waals surface area contributed by atoms with Gasteiger partial charge in [-0.25, -0.2) is 4.79 Å². The van der Waals surface area contributed by atoms with Crippen molar-refractivity contribution >= 4 is 46.1 Å². The molecule has 0 saturated carbocycles. The first-order valence-corrected chi connectivity index (χ1v) is 14.3. The van der Waals surface area contributed by atoms with Gasteiger partial charge in [0.1, 0.15) is 29.2 Å². The third kappa shape index (κ3) is 6.29. The number of ether oxygens (including phenoxy) is 1. The molecule has 1 unspecified atom stereocenters. The Morgan fingerprint density at radius 2 is 1.32 bits per heavy atom. The van der Waals surface area contributed by atoms with E-state index in [1.54, 1.807) is 0 Å². The van der Waals surface area contributed by atoms with E-state index in [9.17, 15) is 9.59 Å². The number of unbranched alkanes of at least 4 members (excludes halogenated alkanes) is 2. The largest absolute Gasteiger partial charge is 1.00 e. The van der Waals surface area contributed by atoms with Gasteiger partial charge in [0.05, 0.1) is 12.8 Å². The molecule has 0 bridgehead atoms. The maximum Gasteiger partial charge on any atom is 0.329 e. The summed E-state index contributed by atoms with van der Waals surface area (Å²) in [6, 6.07) is 32.1. The first kappa shape index (κ1) is 26.5. The van der Waals surface area contributed by atoms with Crippen molar-refractivity contribution in [2.45, 2.75) is 25.3 Å². The van der Waals surface area contributed by atoms with E-state index in [1.165, 1.54) is 15.9 Å². The van der Waals surface area contributed by atoms with Gasteiger partial charge in [-0.3, -0.25) is 4.79 Å². The highest BCUT2D eigenvalue weighted by Crippen LogP contribution is 2.55. The molecule has 7 heteroatoms. The van der Waals surface area contributed by atoms with Crippen LogP contribution >= 0.6 is 19.0 Å². The van der Waals surface area contributed by atoms with Crippen LogP contribution in [0.2, 0.25) is 0 Å². The predicted octanol–water partition coefficient (Wildman–Crippen LogP) is 1.52. The van der Waals surface area contributed by atoms with Crippen molar-refractivity contribution in [1.82, 2.24) is 5.32 Å². The lowest BCUT2D eigenvalue weighted by Crippen LogP contribution is -3.00. The van der Waals surface area contributed by atoms with Gasteiger partial charge in [0.2, 0.25) is 0 Å². The summed E-state index contributed by atoms with van der Waals surface area (Å²) in [4.78, 5) is 23.4. The Bertz CT molecular complexity index is 957. The van der Waals surface area contributed by atoms with E-state index >= 15 is 0 Å². The molecule has 1 fully saturated rings. The first-order chi connectivity index (χ1) is 16.2. The minimum Gasteiger partial charge on any atom is -1.00 e. The number of hydrogen-bond acceptors (Lipinski definition) is 4. The molecule has 34 heavy (non-hydrogen) atoms. The highest BCUT2D eigenvalue weighted by atomic mass is 79.9. The molecule has 1 N–H and O–H groups in total. The summed E-state index contributed by atoms with van der Waals surface area (Å²) >= 11 is 1.13. The number of halogens is 1. The van der Waals surface area contributed by atoms with Crippen LogP contribution in [-0.2, 0) is 9.53 Å². The summed E-state index contributed by atoms with van der Waals surface area (Å²) in [6.07, 6.45) is 3.90. The van der Waals surface area contributed by atoms with E-state index in [4.69, 9.17) is 4.74 Å². The van der Waals surface area contributed by atoms with E-state index in [2.05, 4.69) is 96.3 Å². The zero-order valence-corrected chi connectivity index (χ0v) is 22.2. The Morgan fingerprint density at radius 3 is 1.76 bits per heavy atom. The Hall–Kier alpha value is -2.14. The zero-order chi connectivity index (χ0) is 22.9. The molecular formula is C27H29BrNO3PS. The van der Waals surface area contributed by atoms with E-state index in [0.717, 1.165) is 37.2 Å². The van der Waals surface area contributed by atoms with Crippen LogP contribution in [0.5, 0.6) is 0 Å². The number of amides is 1. The average molecular weight is 558 g/mol. The molecule has 4 rings (SSSR count). The van der Waals surface area contributed by atoms with Crippen molar-refractivity contribution in [2.24, 2.45) is 0 Å². The molecular weight excluding hydrogens is 529 g/mol. The molecule has 0 radical (unpaired) electrons. The van der Waals surface area contributed by atoms with Crippen molar-refractivity contribution in [3.05, 3.63) is 91.0 Å². The quantitative estimate of drug-likeness (QED) is 0.233. The van der Waals surface area contributed by atoms with Crippen LogP contribution in [0, 0.1) is 0 Å². The van der Waals surface area contributed by atoms with Gasteiger partial charge in [0, 0.05) is 5.75 Å². The van der Waals surface area contributed by atoms with Gasteiger partial charge in [-0.1, -0.05) is 66.4 Å². The Morgan fingerprint density at radius 1 is 0.824 bits per heavy atom. The van der Waals surface area contributed by atoms with E-state index in [0.29, 0.717) is 12.4 Å². The highest BCUT2D eigenvalue weighted by Gasteiger charge is 2.44. The van der Waals surface area contributed by atoms with Crippen LogP contribution in [-0.4, -0.2) is 35.8 Å². The smallest absolute Gasteiger partial charge is 0.329 e. The third-order valence-electron chi connectivity index (χ3n) is 5.93. The monoisotopic (exact) mass is 557 g/mol. The molecule has 3 aromatic carbocycles. The number of thioether (sulfide) groups is 1. The number of benzene rings is 3. The molecule has 1 aliphatic heterocycles. The third-order valence-corrected chi connectivity index (χ3v) is 11.3. The van der Waals surface area contributed by atoms with Crippen molar-refractivity contribution in [1.29, 1.82) is 0 Å². The SMILES string of the molecule is O=C1NC(C(=O)OCCCCC[P+](c2ccccc2)(c2ccccc2)c2ccccc2)CS1.[Br-]. The van der Waals surface area contributed by atoms with Crippen molar-refractivity contribution in [3.8, 4) is 0 Å². The van der Waals surface area contributed by atoms with E-state index in [1.807, 2.05) is 0 Å². The lowest BCUT2D eigenvalue weighted by atomic mass is 10.2. The second kappa shape index (κ2) is 13.1. The fourth-order valence-electron chi connectivity index (χ4n) is 4.29. The molecule has 3 aromatic rings. The molecule has 178 valence electrons. The summed E-state index contributed by atoms with van der Waals surface area (Å²) in [6.45, 7) is 0.392. The zero-order valence-electron chi connectivity index (χ0n) is 18.9. The van der Waals surface area contributed by atoms with Crippen LogP contribution in [0.4, 0.5) is 4.79 Å². The van der Waals surface area contributed by atoms with Gasteiger partial charge >= 0.3 is 5.97 Å². The van der Waals surface area contributed by atoms with E-state index in [-0.39, 0.29) is 28.2 Å². The number of nitrogens with one attached hydrogen (secondary N) is 1. The molecule has 0 spiro atoms. The number of hydrogen-bond donors (Lipinski definition) is 1. The van der Waals surface area contributed by atoms with Gasteiger partial charge < -0.3 is 27.0 Å². The molecule has 1 amide bonds. The van der Waals surface area contributed by atoms with Gasteiger partial charge in [-0.05, 0) is 55.7 Å². The fourth-order valence-corrected chi connectivity index (χ4v) is 9.47. The Labute approximate surface area is 217 Å². The molecule has 0 aromatic heterocycles. The normalized spacial score (nSPS) is 15.3. The lowest BCUT2D eigenvalue weighted by Gasteiger charge is -2.27. The molecule has 1 aliphatic rings. The number of rotatable bonds is 10. The van der Waals surface area contributed by atoms with Crippen LogP contribution < -0.4 is 38.2 Å². The summed E-state index contributed by atoms with van der Waals surface area (Å²) in [7, 11) is -1.80. The molecule has 1 heterocycles. The number of carbonyl (C=O) groups excluding carboxylic acids is 2. The van der Waals surface area contributed by atoms with Crippen LogP contribution in [0.25, 0.3) is 0 Å². The highest BCUT2D eigenvalue weighted by molar-refractivity contribution is 8.14. The summed E-state index contributed by atoms with van der Waals surface area (Å²) in [5.41, 5.74) is 0.